The first kappa shape index (κ1) is 12.3. The maximum atomic E-state index is 11.1. The number of anilines is 1. The van der Waals surface area contributed by atoms with Crippen LogP contribution in [0.2, 0.25) is 0 Å². The van der Waals surface area contributed by atoms with Gasteiger partial charge in [-0.25, -0.2) is 0 Å². The molecule has 1 aromatic carbocycles. The minimum absolute atomic E-state index is 0.00829. The smallest absolute Gasteiger partial charge is 0.307 e. The van der Waals surface area contributed by atoms with Crippen LogP contribution in [-0.2, 0) is 9.53 Å². The summed E-state index contributed by atoms with van der Waals surface area (Å²) in [4.78, 5) is 11.1. The number of phenols is 1. The van der Waals surface area contributed by atoms with Crippen molar-refractivity contribution in [3.8, 4) is 5.75 Å². The Morgan fingerprint density at radius 2 is 2.19 bits per heavy atom. The van der Waals surface area contributed by atoms with Crippen LogP contribution in [0.3, 0.4) is 0 Å². The fraction of sp³-hybridized carbons (Fsp3) is 0.364. The van der Waals surface area contributed by atoms with Crippen molar-refractivity contribution in [1.29, 1.82) is 0 Å². The summed E-state index contributed by atoms with van der Waals surface area (Å²) >= 11 is 0. The second-order valence-corrected chi connectivity index (χ2v) is 3.62. The van der Waals surface area contributed by atoms with Gasteiger partial charge in [0.25, 0.3) is 0 Å². The fourth-order valence-electron chi connectivity index (χ4n) is 1.56. The Morgan fingerprint density at radius 3 is 2.75 bits per heavy atom. The molecular formula is C11H16N2O3. The predicted octanol–water partition coefficient (Wildman–Crippen LogP) is 0.846. The number of carbonyl (C=O) groups is 1. The maximum Gasteiger partial charge on any atom is 0.307 e. The van der Waals surface area contributed by atoms with Gasteiger partial charge in [0, 0.05) is 11.6 Å². The Labute approximate surface area is 94.0 Å². The Balaban J connectivity index is 3.03. The van der Waals surface area contributed by atoms with Gasteiger partial charge in [-0.05, 0) is 18.6 Å². The molecule has 1 atom stereocenters. The van der Waals surface area contributed by atoms with Crippen molar-refractivity contribution >= 4 is 11.7 Å². The van der Waals surface area contributed by atoms with Crippen LogP contribution in [0.15, 0.2) is 12.1 Å². The second-order valence-electron chi connectivity index (χ2n) is 3.62. The van der Waals surface area contributed by atoms with Gasteiger partial charge in [0.15, 0.2) is 0 Å². The maximum absolute atomic E-state index is 11.1. The molecule has 5 nitrogen and oxygen atoms in total. The quantitative estimate of drug-likeness (QED) is 0.401. The Kier molecular flexibility index (Phi) is 3.73. The molecule has 0 aromatic heterocycles. The first-order valence-electron chi connectivity index (χ1n) is 4.87. The molecule has 0 heterocycles. The van der Waals surface area contributed by atoms with Gasteiger partial charge in [-0.15, -0.1) is 0 Å². The molecule has 0 amide bonds. The highest BCUT2D eigenvalue weighted by atomic mass is 16.5. The fourth-order valence-corrected chi connectivity index (χ4v) is 1.56. The molecule has 5 N–H and O–H groups in total. The summed E-state index contributed by atoms with van der Waals surface area (Å²) in [5.74, 6) is -0.481. The molecule has 0 unspecified atom stereocenters. The monoisotopic (exact) mass is 224 g/mol. The number of hydrogen-bond acceptors (Lipinski definition) is 5. The zero-order valence-corrected chi connectivity index (χ0v) is 9.36. The highest BCUT2D eigenvalue weighted by Crippen LogP contribution is 2.33. The molecular weight excluding hydrogens is 208 g/mol. The minimum Gasteiger partial charge on any atom is -0.505 e. The summed E-state index contributed by atoms with van der Waals surface area (Å²) < 4.78 is 4.52. The molecule has 1 aromatic rings. The van der Waals surface area contributed by atoms with Gasteiger partial charge < -0.3 is 21.3 Å². The highest BCUT2D eigenvalue weighted by Gasteiger charge is 2.18. The Bertz CT molecular complexity index is 404. The highest BCUT2D eigenvalue weighted by molar-refractivity contribution is 5.71. The Hall–Kier alpha value is -1.75. The standard InChI is InChI=1S/C11H16N2O3/c1-6-3-4-7(12)11(15)10(6)8(13)5-9(14)16-2/h3-4,8,15H,5,12-13H2,1-2H3/t8-/m0/s1. The van der Waals surface area contributed by atoms with Crippen LogP contribution in [-0.4, -0.2) is 18.2 Å². The molecule has 16 heavy (non-hydrogen) atoms. The van der Waals surface area contributed by atoms with Gasteiger partial charge in [-0.3, -0.25) is 4.79 Å². The number of aromatic hydroxyl groups is 1. The van der Waals surface area contributed by atoms with Gasteiger partial charge in [-0.1, -0.05) is 6.07 Å². The lowest BCUT2D eigenvalue weighted by Gasteiger charge is -2.16. The van der Waals surface area contributed by atoms with Gasteiger partial charge in [0.1, 0.15) is 5.75 Å². The lowest BCUT2D eigenvalue weighted by Crippen LogP contribution is -2.17. The van der Waals surface area contributed by atoms with E-state index in [0.29, 0.717) is 5.56 Å². The molecule has 0 saturated heterocycles. The molecule has 0 radical (unpaired) electrons. The summed E-state index contributed by atoms with van der Waals surface area (Å²) in [7, 11) is 1.29. The molecule has 88 valence electrons. The number of methoxy groups -OCH3 is 1. The molecule has 0 bridgehead atoms. The van der Waals surface area contributed by atoms with Crippen molar-refractivity contribution in [2.24, 2.45) is 5.73 Å². The van der Waals surface area contributed by atoms with E-state index in [1.807, 2.05) is 0 Å². The third-order valence-corrected chi connectivity index (χ3v) is 2.45. The zero-order chi connectivity index (χ0) is 12.3. The van der Waals surface area contributed by atoms with Crippen LogP contribution in [0.4, 0.5) is 5.69 Å². The molecule has 0 spiro atoms. The van der Waals surface area contributed by atoms with Crippen molar-refractivity contribution < 1.29 is 14.6 Å². The number of carbonyl (C=O) groups excluding carboxylic acids is 1. The lowest BCUT2D eigenvalue weighted by atomic mass is 9.97. The molecule has 0 saturated carbocycles. The number of nitrogen functional groups attached to an aromatic ring is 1. The van der Waals surface area contributed by atoms with E-state index >= 15 is 0 Å². The van der Waals surface area contributed by atoms with Crippen LogP contribution in [0, 0.1) is 6.92 Å². The lowest BCUT2D eigenvalue weighted by molar-refractivity contribution is -0.141. The number of rotatable bonds is 3. The largest absolute Gasteiger partial charge is 0.505 e. The number of benzene rings is 1. The first-order chi connectivity index (χ1) is 7.47. The molecule has 0 fully saturated rings. The van der Waals surface area contributed by atoms with E-state index < -0.39 is 12.0 Å². The summed E-state index contributed by atoms with van der Waals surface area (Å²) in [6.07, 6.45) is 0.00829. The van der Waals surface area contributed by atoms with Crippen LogP contribution in [0.5, 0.6) is 5.75 Å². The number of phenolic OH excluding ortho intramolecular Hbond substituents is 1. The molecule has 0 aliphatic carbocycles. The summed E-state index contributed by atoms with van der Waals surface area (Å²) in [5.41, 5.74) is 12.9. The van der Waals surface area contributed by atoms with Gasteiger partial charge in [0.2, 0.25) is 0 Å². The van der Waals surface area contributed by atoms with Crippen molar-refractivity contribution in [1.82, 2.24) is 0 Å². The topological polar surface area (TPSA) is 98.6 Å². The van der Waals surface area contributed by atoms with Crippen LogP contribution in [0.1, 0.15) is 23.6 Å². The van der Waals surface area contributed by atoms with Gasteiger partial charge in [-0.2, -0.15) is 0 Å². The average Bonchev–Trinajstić information content (AvgIpc) is 2.24. The van der Waals surface area contributed by atoms with E-state index in [2.05, 4.69) is 4.74 Å². The number of aryl methyl sites for hydroxylation is 1. The minimum atomic E-state index is -0.615. The Morgan fingerprint density at radius 1 is 1.56 bits per heavy atom. The normalized spacial score (nSPS) is 12.2. The summed E-state index contributed by atoms with van der Waals surface area (Å²) in [6.45, 7) is 1.80. The number of esters is 1. The van der Waals surface area contributed by atoms with Crippen molar-refractivity contribution in [3.05, 3.63) is 23.3 Å². The number of nitrogens with two attached hydrogens (primary N) is 2. The molecule has 1 rings (SSSR count). The SMILES string of the molecule is COC(=O)C[C@H](N)c1c(C)ccc(N)c1O. The molecule has 0 aliphatic heterocycles. The summed E-state index contributed by atoms with van der Waals surface area (Å²) in [5, 5.41) is 9.78. The predicted molar refractivity (Wildman–Crippen MR) is 60.8 cm³/mol. The van der Waals surface area contributed by atoms with Crippen LogP contribution >= 0.6 is 0 Å². The van der Waals surface area contributed by atoms with Crippen molar-refractivity contribution in [3.63, 3.8) is 0 Å². The molecule has 5 heteroatoms. The van der Waals surface area contributed by atoms with E-state index in [4.69, 9.17) is 11.5 Å². The average molecular weight is 224 g/mol. The third kappa shape index (κ3) is 2.43. The first-order valence-corrected chi connectivity index (χ1v) is 4.87. The van der Waals surface area contributed by atoms with Crippen molar-refractivity contribution in [2.75, 3.05) is 12.8 Å². The zero-order valence-electron chi connectivity index (χ0n) is 9.36. The van der Waals surface area contributed by atoms with E-state index in [1.54, 1.807) is 19.1 Å². The van der Waals surface area contributed by atoms with E-state index in [9.17, 15) is 9.90 Å². The van der Waals surface area contributed by atoms with Gasteiger partial charge >= 0.3 is 5.97 Å². The van der Waals surface area contributed by atoms with E-state index in [-0.39, 0.29) is 17.9 Å². The summed E-state index contributed by atoms with van der Waals surface area (Å²) in [6, 6.07) is 2.73. The molecule has 0 aliphatic rings. The number of hydrogen-bond donors (Lipinski definition) is 3. The van der Waals surface area contributed by atoms with Gasteiger partial charge in [0.05, 0.1) is 19.2 Å². The van der Waals surface area contributed by atoms with E-state index in [0.717, 1.165) is 5.56 Å². The third-order valence-electron chi connectivity index (χ3n) is 2.45. The van der Waals surface area contributed by atoms with E-state index in [1.165, 1.54) is 7.11 Å². The second kappa shape index (κ2) is 4.85. The van der Waals surface area contributed by atoms with Crippen molar-refractivity contribution in [2.45, 2.75) is 19.4 Å². The van der Waals surface area contributed by atoms with Crippen LogP contribution < -0.4 is 11.5 Å². The van der Waals surface area contributed by atoms with Crippen LogP contribution in [0.25, 0.3) is 0 Å². The number of ether oxygens (including phenoxy) is 1.